The lowest BCUT2D eigenvalue weighted by atomic mass is 9.87. The molecule has 0 bridgehead atoms. The fourth-order valence-corrected chi connectivity index (χ4v) is 4.41. The van der Waals surface area contributed by atoms with Crippen LogP contribution in [0.15, 0.2) is 48.9 Å². The number of pyridine rings is 1. The highest BCUT2D eigenvalue weighted by molar-refractivity contribution is 5.93. The van der Waals surface area contributed by atoms with E-state index in [1.54, 1.807) is 35.6 Å². The Balaban J connectivity index is 1.44. The van der Waals surface area contributed by atoms with Crippen LogP contribution in [-0.2, 0) is 11.3 Å². The number of nitrogens with one attached hydrogen (secondary N) is 1. The summed E-state index contributed by atoms with van der Waals surface area (Å²) in [6, 6.07) is 8.03. The molecule has 36 heavy (non-hydrogen) atoms. The molecule has 4 rings (SSSR count). The number of anilines is 1. The van der Waals surface area contributed by atoms with Crippen LogP contribution in [0.1, 0.15) is 41.8 Å². The Morgan fingerprint density at radius 2 is 2.08 bits per heavy atom. The van der Waals surface area contributed by atoms with Gasteiger partial charge < -0.3 is 15.1 Å². The summed E-state index contributed by atoms with van der Waals surface area (Å²) in [4.78, 5) is 19.0. The predicted octanol–water partition coefficient (Wildman–Crippen LogP) is 3.34. The SMILES string of the molecule is Cc1nc(NC(=O)C(C)N2CCC(F)(F)[C@@H](c3cc[n+]([O-])cc3)C2)cn1Cc1cc(F)cc(C#N)c1. The van der Waals surface area contributed by atoms with Gasteiger partial charge in [-0.2, -0.15) is 9.99 Å². The Hall–Kier alpha value is -3.91. The van der Waals surface area contributed by atoms with Crippen LogP contribution in [-0.4, -0.2) is 45.4 Å². The molecule has 1 aromatic carbocycles. The molecule has 0 aliphatic carbocycles. The van der Waals surface area contributed by atoms with Crippen molar-refractivity contribution in [3.8, 4) is 6.07 Å². The first kappa shape index (κ1) is 25.2. The number of nitrogens with zero attached hydrogens (tertiary/aromatic N) is 5. The number of likely N-dealkylation sites (tertiary alicyclic amines) is 1. The number of hydrogen-bond donors (Lipinski definition) is 1. The number of hydrogen-bond acceptors (Lipinski definition) is 5. The number of amides is 1. The first-order valence-corrected chi connectivity index (χ1v) is 11.4. The first-order chi connectivity index (χ1) is 17.1. The zero-order valence-electron chi connectivity index (χ0n) is 19.8. The highest BCUT2D eigenvalue weighted by atomic mass is 19.3. The second kappa shape index (κ2) is 9.99. The quantitative estimate of drug-likeness (QED) is 0.415. The zero-order valence-corrected chi connectivity index (χ0v) is 19.8. The van der Waals surface area contributed by atoms with E-state index >= 15 is 0 Å². The molecule has 0 saturated carbocycles. The van der Waals surface area contributed by atoms with Gasteiger partial charge in [0.25, 0.3) is 5.92 Å². The third kappa shape index (κ3) is 5.49. The molecule has 3 heterocycles. The first-order valence-electron chi connectivity index (χ1n) is 11.4. The number of aryl methyl sites for hydroxylation is 1. The summed E-state index contributed by atoms with van der Waals surface area (Å²) in [6.45, 7) is 3.62. The molecule has 0 radical (unpaired) electrons. The summed E-state index contributed by atoms with van der Waals surface area (Å²) in [5.74, 6) is -4.17. The molecule has 188 valence electrons. The molecule has 1 saturated heterocycles. The summed E-state index contributed by atoms with van der Waals surface area (Å²) in [5.41, 5.74) is 1.12. The Morgan fingerprint density at radius 1 is 1.36 bits per heavy atom. The van der Waals surface area contributed by atoms with E-state index in [0.717, 1.165) is 6.07 Å². The summed E-state index contributed by atoms with van der Waals surface area (Å²) in [5, 5.41) is 23.1. The number of halogens is 3. The third-order valence-corrected chi connectivity index (χ3v) is 6.48. The zero-order chi connectivity index (χ0) is 26.0. The molecular formula is C25H25F3N6O2. The van der Waals surface area contributed by atoms with Gasteiger partial charge in [-0.15, -0.1) is 0 Å². The molecule has 0 spiro atoms. The highest BCUT2D eigenvalue weighted by Crippen LogP contribution is 2.40. The van der Waals surface area contributed by atoms with Gasteiger partial charge in [0, 0.05) is 44.4 Å². The molecule has 1 unspecified atom stereocenters. The summed E-state index contributed by atoms with van der Waals surface area (Å²) >= 11 is 0. The minimum Gasteiger partial charge on any atom is -0.619 e. The summed E-state index contributed by atoms with van der Waals surface area (Å²) in [6.07, 6.45) is 3.56. The van der Waals surface area contributed by atoms with Crippen LogP contribution in [0, 0.1) is 29.3 Å². The van der Waals surface area contributed by atoms with Crippen molar-refractivity contribution >= 4 is 11.7 Å². The van der Waals surface area contributed by atoms with Gasteiger partial charge in [0.1, 0.15) is 11.6 Å². The average Bonchev–Trinajstić information content (AvgIpc) is 3.16. The Bertz CT molecular complexity index is 1300. The van der Waals surface area contributed by atoms with Crippen molar-refractivity contribution in [2.45, 2.75) is 44.7 Å². The molecule has 11 heteroatoms. The number of benzene rings is 1. The molecule has 3 aromatic rings. The van der Waals surface area contributed by atoms with Crippen LogP contribution in [0.3, 0.4) is 0 Å². The van der Waals surface area contributed by atoms with Crippen LogP contribution >= 0.6 is 0 Å². The van der Waals surface area contributed by atoms with E-state index in [1.807, 2.05) is 6.07 Å². The second-order valence-electron chi connectivity index (χ2n) is 8.98. The maximum absolute atomic E-state index is 14.7. The Morgan fingerprint density at radius 3 is 2.78 bits per heavy atom. The molecule has 1 amide bonds. The number of aromatic nitrogens is 3. The van der Waals surface area contributed by atoms with E-state index < -0.39 is 36.0 Å². The summed E-state index contributed by atoms with van der Waals surface area (Å²) in [7, 11) is 0. The normalized spacial score (nSPS) is 18.4. The standard InChI is InChI=1S/C25H25F3N6O2/c1-16(32-8-5-25(27,28)22(14-32)20-3-6-34(36)7-4-20)24(35)31-23-15-33(17(2)30-23)13-19-9-18(12-29)10-21(26)11-19/h3-4,6-7,9-11,15-16,22H,5,8,13-14H2,1-2H3,(H,31,35)/t16?,22-/m1/s1. The van der Waals surface area contributed by atoms with Gasteiger partial charge in [-0.1, -0.05) is 0 Å². The van der Waals surface area contributed by atoms with Gasteiger partial charge in [0.2, 0.25) is 5.91 Å². The van der Waals surface area contributed by atoms with Crippen molar-refractivity contribution in [1.29, 1.82) is 5.26 Å². The minimum absolute atomic E-state index is 0.0424. The van der Waals surface area contributed by atoms with Crippen molar-refractivity contribution in [3.63, 3.8) is 0 Å². The molecular weight excluding hydrogens is 473 g/mol. The number of carbonyl (C=O) groups is 1. The maximum atomic E-state index is 14.7. The Labute approximate surface area is 206 Å². The third-order valence-electron chi connectivity index (χ3n) is 6.48. The lowest BCUT2D eigenvalue weighted by Crippen LogP contribution is -2.52. The molecule has 2 atom stereocenters. The van der Waals surface area contributed by atoms with Crippen molar-refractivity contribution in [1.82, 2.24) is 14.5 Å². The van der Waals surface area contributed by atoms with Gasteiger partial charge in [0.15, 0.2) is 18.2 Å². The minimum atomic E-state index is -2.96. The van der Waals surface area contributed by atoms with Gasteiger partial charge in [-0.05, 0) is 43.2 Å². The number of imidazole rings is 1. The molecule has 1 aliphatic heterocycles. The largest absolute Gasteiger partial charge is 0.619 e. The van der Waals surface area contributed by atoms with E-state index in [2.05, 4.69) is 10.3 Å². The number of nitriles is 1. The number of rotatable bonds is 6. The molecule has 1 aliphatic rings. The molecule has 1 N–H and O–H groups in total. The lowest BCUT2D eigenvalue weighted by Gasteiger charge is -2.40. The molecule has 1 fully saturated rings. The summed E-state index contributed by atoms with van der Waals surface area (Å²) < 4.78 is 45.4. The van der Waals surface area contributed by atoms with Crippen molar-refractivity contribution in [2.75, 3.05) is 18.4 Å². The van der Waals surface area contributed by atoms with Crippen LogP contribution in [0.5, 0.6) is 0 Å². The second-order valence-corrected chi connectivity index (χ2v) is 8.98. The van der Waals surface area contributed by atoms with Crippen molar-refractivity contribution in [3.05, 3.63) is 82.5 Å². The van der Waals surface area contributed by atoms with Crippen LogP contribution in [0.25, 0.3) is 0 Å². The van der Waals surface area contributed by atoms with Gasteiger partial charge in [-0.3, -0.25) is 9.69 Å². The van der Waals surface area contributed by atoms with E-state index in [-0.39, 0.29) is 31.0 Å². The van der Waals surface area contributed by atoms with Crippen molar-refractivity contribution in [2.24, 2.45) is 0 Å². The van der Waals surface area contributed by atoms with Crippen molar-refractivity contribution < 1.29 is 22.7 Å². The highest BCUT2D eigenvalue weighted by Gasteiger charge is 2.46. The van der Waals surface area contributed by atoms with Gasteiger partial charge >= 0.3 is 0 Å². The van der Waals surface area contributed by atoms with E-state index in [9.17, 15) is 23.2 Å². The van der Waals surface area contributed by atoms with E-state index in [1.165, 1.54) is 30.6 Å². The fourth-order valence-electron chi connectivity index (χ4n) is 4.41. The lowest BCUT2D eigenvalue weighted by molar-refractivity contribution is -0.605. The number of piperidine rings is 1. The van der Waals surface area contributed by atoms with Crippen LogP contribution in [0.2, 0.25) is 0 Å². The van der Waals surface area contributed by atoms with Crippen LogP contribution < -0.4 is 10.0 Å². The number of carbonyl (C=O) groups excluding carboxylic acids is 1. The fraction of sp³-hybridized carbons (Fsp3) is 0.360. The molecule has 8 nitrogen and oxygen atoms in total. The van der Waals surface area contributed by atoms with Gasteiger partial charge in [-0.25, -0.2) is 18.2 Å². The topological polar surface area (TPSA) is 101 Å². The average molecular weight is 499 g/mol. The maximum Gasteiger partial charge on any atom is 0.257 e. The molecule has 2 aromatic heterocycles. The number of alkyl halides is 2. The van der Waals surface area contributed by atoms with E-state index in [4.69, 9.17) is 5.26 Å². The van der Waals surface area contributed by atoms with Gasteiger partial charge in [0.05, 0.1) is 23.6 Å². The Kier molecular flexibility index (Phi) is 6.99. The smallest absolute Gasteiger partial charge is 0.257 e. The van der Waals surface area contributed by atoms with E-state index in [0.29, 0.717) is 21.7 Å². The predicted molar refractivity (Wildman–Crippen MR) is 125 cm³/mol. The monoisotopic (exact) mass is 498 g/mol. The van der Waals surface area contributed by atoms with Crippen LogP contribution in [0.4, 0.5) is 19.0 Å².